The Kier molecular flexibility index (Phi) is 5.91. The van der Waals surface area contributed by atoms with Crippen LogP contribution in [0.2, 0.25) is 0 Å². The van der Waals surface area contributed by atoms with Gasteiger partial charge in [0, 0.05) is 29.8 Å². The monoisotopic (exact) mass is 355 g/mol. The van der Waals surface area contributed by atoms with Crippen LogP contribution in [0.3, 0.4) is 0 Å². The molecular weight excluding hydrogens is 334 g/mol. The molecule has 4 nitrogen and oxygen atoms in total. The number of unbranched alkanes of at least 4 members (excludes halogenated alkanes) is 1. The number of fused-ring (bicyclic) bond motifs is 1. The van der Waals surface area contributed by atoms with Crippen molar-refractivity contribution in [2.24, 2.45) is 0 Å². The predicted molar refractivity (Wildman–Crippen MR) is 87.7 cm³/mol. The second-order valence-corrected chi connectivity index (χ2v) is 6.01. The Morgan fingerprint density at radius 3 is 3.00 bits per heavy atom. The minimum atomic E-state index is 0.0166. The Hall–Kier alpha value is -1.23. The Bertz CT molecular complexity index is 505. The fraction of sp³-hybridized carbons (Fsp3) is 0.562. The number of carbonyl (C=O) groups is 1. The second-order valence-electron chi connectivity index (χ2n) is 5.22. The molecule has 2 rings (SSSR count). The van der Waals surface area contributed by atoms with E-state index in [4.69, 9.17) is 9.47 Å². The van der Waals surface area contributed by atoms with E-state index in [2.05, 4.69) is 21.2 Å². The fourth-order valence-electron chi connectivity index (χ4n) is 2.40. The quantitative estimate of drug-likeness (QED) is 0.595. The lowest BCUT2D eigenvalue weighted by Crippen LogP contribution is -2.12. The van der Waals surface area contributed by atoms with Gasteiger partial charge in [0.2, 0.25) is 5.91 Å². The lowest BCUT2D eigenvalue weighted by molar-refractivity contribution is -0.116. The molecule has 1 N–H and O–H groups in total. The van der Waals surface area contributed by atoms with Gasteiger partial charge >= 0.3 is 0 Å². The maximum absolute atomic E-state index is 12.0. The molecule has 1 amide bonds. The molecule has 0 spiro atoms. The summed E-state index contributed by atoms with van der Waals surface area (Å²) < 4.78 is 11.4. The average molecular weight is 356 g/mol. The molecular formula is C16H22BrNO3. The molecule has 0 radical (unpaired) electrons. The van der Waals surface area contributed by atoms with Crippen molar-refractivity contribution >= 4 is 27.5 Å². The van der Waals surface area contributed by atoms with E-state index in [9.17, 15) is 4.79 Å². The molecule has 0 fully saturated rings. The van der Waals surface area contributed by atoms with Crippen molar-refractivity contribution in [1.29, 1.82) is 0 Å². The summed E-state index contributed by atoms with van der Waals surface area (Å²) in [6.45, 7) is 4.55. The van der Waals surface area contributed by atoms with Gasteiger partial charge in [-0.05, 0) is 32.8 Å². The van der Waals surface area contributed by atoms with Gasteiger partial charge in [-0.25, -0.2) is 0 Å². The van der Waals surface area contributed by atoms with Gasteiger partial charge in [0.05, 0.1) is 12.3 Å². The Morgan fingerprint density at radius 1 is 1.48 bits per heavy atom. The molecule has 1 aliphatic heterocycles. The minimum absolute atomic E-state index is 0.0166. The maximum Gasteiger partial charge on any atom is 0.224 e. The molecule has 21 heavy (non-hydrogen) atoms. The number of hydrogen-bond acceptors (Lipinski definition) is 3. The molecule has 1 atom stereocenters. The predicted octanol–water partition coefficient (Wildman–Crippen LogP) is 3.91. The van der Waals surface area contributed by atoms with E-state index in [0.717, 1.165) is 41.7 Å². The standard InChI is InChI=1S/C16H22BrNO3/c1-3-20-15-9-12-8-11(2)21-14(12)10-13(15)18-16(19)6-4-5-7-17/h9-11H,3-8H2,1-2H3,(H,18,19). The third-order valence-electron chi connectivity index (χ3n) is 3.36. The van der Waals surface area contributed by atoms with Crippen LogP contribution in [-0.2, 0) is 11.2 Å². The van der Waals surface area contributed by atoms with Gasteiger partial charge in [-0.1, -0.05) is 15.9 Å². The number of carbonyl (C=O) groups excluding carboxylic acids is 1. The van der Waals surface area contributed by atoms with Crippen LogP contribution >= 0.6 is 15.9 Å². The molecule has 1 unspecified atom stereocenters. The number of anilines is 1. The first kappa shape index (κ1) is 16.1. The van der Waals surface area contributed by atoms with Crippen molar-refractivity contribution in [3.8, 4) is 11.5 Å². The molecule has 1 aliphatic rings. The lowest BCUT2D eigenvalue weighted by atomic mass is 10.1. The molecule has 0 bridgehead atoms. The zero-order valence-electron chi connectivity index (χ0n) is 12.6. The highest BCUT2D eigenvalue weighted by molar-refractivity contribution is 9.09. The molecule has 1 heterocycles. The highest BCUT2D eigenvalue weighted by atomic mass is 79.9. The lowest BCUT2D eigenvalue weighted by Gasteiger charge is -2.13. The van der Waals surface area contributed by atoms with Crippen molar-refractivity contribution in [2.45, 2.75) is 45.6 Å². The third kappa shape index (κ3) is 4.37. The van der Waals surface area contributed by atoms with Gasteiger partial charge in [-0.15, -0.1) is 0 Å². The number of benzene rings is 1. The first-order valence-electron chi connectivity index (χ1n) is 7.46. The van der Waals surface area contributed by atoms with Gasteiger partial charge in [0.1, 0.15) is 17.6 Å². The number of alkyl halides is 1. The molecule has 0 aliphatic carbocycles. The van der Waals surface area contributed by atoms with Crippen molar-refractivity contribution < 1.29 is 14.3 Å². The van der Waals surface area contributed by atoms with E-state index in [1.54, 1.807) is 0 Å². The van der Waals surface area contributed by atoms with Crippen molar-refractivity contribution in [1.82, 2.24) is 0 Å². The first-order valence-corrected chi connectivity index (χ1v) is 8.58. The van der Waals surface area contributed by atoms with Crippen LogP contribution in [0, 0.1) is 0 Å². The summed E-state index contributed by atoms with van der Waals surface area (Å²) in [4.78, 5) is 12.0. The van der Waals surface area contributed by atoms with Gasteiger partial charge in [0.25, 0.3) is 0 Å². The SMILES string of the molecule is CCOc1cc2c(cc1NC(=O)CCCCBr)OC(C)C2. The number of rotatable bonds is 7. The molecule has 116 valence electrons. The number of ether oxygens (including phenoxy) is 2. The second kappa shape index (κ2) is 7.69. The molecule has 0 saturated heterocycles. The Morgan fingerprint density at radius 2 is 2.29 bits per heavy atom. The number of amides is 1. The van der Waals surface area contributed by atoms with E-state index in [1.807, 2.05) is 26.0 Å². The fourth-order valence-corrected chi connectivity index (χ4v) is 2.80. The topological polar surface area (TPSA) is 47.6 Å². The van der Waals surface area contributed by atoms with Crippen LogP contribution < -0.4 is 14.8 Å². The largest absolute Gasteiger partial charge is 0.492 e. The Labute approximate surface area is 134 Å². The van der Waals surface area contributed by atoms with E-state index in [-0.39, 0.29) is 12.0 Å². The summed E-state index contributed by atoms with van der Waals surface area (Å²) in [6.07, 6.45) is 3.45. The van der Waals surface area contributed by atoms with Gasteiger partial charge in [0.15, 0.2) is 0 Å². The van der Waals surface area contributed by atoms with E-state index < -0.39 is 0 Å². The van der Waals surface area contributed by atoms with E-state index in [0.29, 0.717) is 18.7 Å². The van der Waals surface area contributed by atoms with Crippen LogP contribution in [0.25, 0.3) is 0 Å². The normalized spacial score (nSPS) is 16.2. The first-order chi connectivity index (χ1) is 10.1. The van der Waals surface area contributed by atoms with Crippen molar-refractivity contribution in [3.63, 3.8) is 0 Å². The highest BCUT2D eigenvalue weighted by Crippen LogP contribution is 2.38. The molecule has 0 saturated carbocycles. The van der Waals surface area contributed by atoms with Crippen LogP contribution in [-0.4, -0.2) is 23.9 Å². The van der Waals surface area contributed by atoms with E-state index in [1.165, 1.54) is 0 Å². The summed E-state index contributed by atoms with van der Waals surface area (Å²) in [5, 5.41) is 3.87. The average Bonchev–Trinajstić information content (AvgIpc) is 2.79. The van der Waals surface area contributed by atoms with Crippen LogP contribution in [0.15, 0.2) is 12.1 Å². The Balaban J connectivity index is 2.10. The molecule has 0 aromatic heterocycles. The zero-order chi connectivity index (χ0) is 15.2. The summed E-state index contributed by atoms with van der Waals surface area (Å²) in [5.41, 5.74) is 1.84. The highest BCUT2D eigenvalue weighted by Gasteiger charge is 2.22. The van der Waals surface area contributed by atoms with Crippen LogP contribution in [0.1, 0.15) is 38.7 Å². The smallest absolute Gasteiger partial charge is 0.224 e. The van der Waals surface area contributed by atoms with Crippen molar-refractivity contribution in [2.75, 3.05) is 17.3 Å². The van der Waals surface area contributed by atoms with Crippen LogP contribution in [0.5, 0.6) is 11.5 Å². The number of nitrogens with one attached hydrogen (secondary N) is 1. The molecule has 1 aromatic rings. The summed E-state index contributed by atoms with van der Waals surface area (Å²) in [7, 11) is 0. The summed E-state index contributed by atoms with van der Waals surface area (Å²) in [6, 6.07) is 3.86. The van der Waals surface area contributed by atoms with E-state index >= 15 is 0 Å². The minimum Gasteiger partial charge on any atom is -0.492 e. The zero-order valence-corrected chi connectivity index (χ0v) is 14.2. The maximum atomic E-state index is 12.0. The van der Waals surface area contributed by atoms with Gasteiger partial charge in [-0.2, -0.15) is 0 Å². The number of halogens is 1. The van der Waals surface area contributed by atoms with Crippen molar-refractivity contribution in [3.05, 3.63) is 17.7 Å². The molecule has 1 aromatic carbocycles. The van der Waals surface area contributed by atoms with Gasteiger partial charge in [-0.3, -0.25) is 4.79 Å². The van der Waals surface area contributed by atoms with Crippen LogP contribution in [0.4, 0.5) is 5.69 Å². The van der Waals surface area contributed by atoms with Gasteiger partial charge < -0.3 is 14.8 Å². The molecule has 5 heteroatoms. The number of hydrogen-bond donors (Lipinski definition) is 1. The third-order valence-corrected chi connectivity index (χ3v) is 3.92. The summed E-state index contributed by atoms with van der Waals surface area (Å²) in [5.74, 6) is 1.59. The summed E-state index contributed by atoms with van der Waals surface area (Å²) >= 11 is 3.37.